The van der Waals surface area contributed by atoms with E-state index in [2.05, 4.69) is 21.5 Å². The summed E-state index contributed by atoms with van der Waals surface area (Å²) in [5, 5.41) is 30.8. The van der Waals surface area contributed by atoms with E-state index in [4.69, 9.17) is 17.3 Å². The maximum absolute atomic E-state index is 10.6. The smallest absolute Gasteiger partial charge is 0.226 e. The molecule has 5 atom stereocenters. The van der Waals surface area contributed by atoms with E-state index in [0.717, 1.165) is 5.57 Å². The molecule has 0 spiro atoms. The molecule has 2 aromatic rings. The lowest BCUT2D eigenvalue weighted by atomic mass is 9.57. The van der Waals surface area contributed by atoms with Crippen LogP contribution in [-0.2, 0) is 0 Å². The van der Waals surface area contributed by atoms with Crippen molar-refractivity contribution in [2.75, 3.05) is 12.3 Å². The molecule has 2 saturated carbocycles. The third kappa shape index (κ3) is 1.64. The number of nitrogen functional groups attached to an aromatic ring is 1. The van der Waals surface area contributed by atoms with E-state index in [0.29, 0.717) is 17.6 Å². The summed E-state index contributed by atoms with van der Waals surface area (Å²) >= 11 is 5.87. The zero-order valence-electron chi connectivity index (χ0n) is 12.1. The number of aliphatic hydroxyl groups excluding tert-OH is 3. The third-order valence-electron chi connectivity index (χ3n) is 5.40. The summed E-state index contributed by atoms with van der Waals surface area (Å²) in [6, 6.07) is -0.502. The Morgan fingerprint density at radius 3 is 2.78 bits per heavy atom. The van der Waals surface area contributed by atoms with Gasteiger partial charge in [-0.3, -0.25) is 0 Å². The van der Waals surface area contributed by atoms with Crippen molar-refractivity contribution >= 4 is 28.6 Å². The molecule has 0 bridgehead atoms. The Labute approximate surface area is 136 Å². The van der Waals surface area contributed by atoms with E-state index in [1.54, 1.807) is 4.57 Å². The number of fused-ring (bicyclic) bond motifs is 2. The van der Waals surface area contributed by atoms with E-state index in [9.17, 15) is 15.3 Å². The fourth-order valence-electron chi connectivity index (χ4n) is 4.16. The van der Waals surface area contributed by atoms with Crippen molar-refractivity contribution in [3.8, 4) is 0 Å². The van der Waals surface area contributed by atoms with Gasteiger partial charge in [0, 0.05) is 11.3 Å². The normalized spacial score (nSPS) is 36.3. The predicted molar refractivity (Wildman–Crippen MR) is 82.6 cm³/mol. The van der Waals surface area contributed by atoms with Gasteiger partial charge in [-0.05, 0) is 18.0 Å². The number of nitrogens with two attached hydrogens (primary N) is 1. The molecular weight excluding hydrogens is 322 g/mol. The van der Waals surface area contributed by atoms with Crippen LogP contribution in [0.4, 0.5) is 5.82 Å². The summed E-state index contributed by atoms with van der Waals surface area (Å²) in [6.07, 6.45) is -0.0799. The molecule has 2 aliphatic rings. The highest BCUT2D eigenvalue weighted by molar-refractivity contribution is 6.28. The van der Waals surface area contributed by atoms with Gasteiger partial charge in [-0.2, -0.15) is 9.97 Å². The van der Waals surface area contributed by atoms with Crippen LogP contribution in [0.5, 0.6) is 0 Å². The number of aromatic nitrogens is 4. The van der Waals surface area contributed by atoms with Gasteiger partial charge in [-0.1, -0.05) is 12.2 Å². The van der Waals surface area contributed by atoms with Crippen LogP contribution in [0.25, 0.3) is 11.2 Å². The number of aliphatic hydroxyl groups is 3. The molecule has 2 heterocycles. The monoisotopic (exact) mass is 337 g/mol. The minimum absolute atomic E-state index is 0.0174. The quantitative estimate of drug-likeness (QED) is 0.444. The number of hydrogen-bond donors (Lipinski definition) is 4. The molecule has 0 radical (unpaired) electrons. The number of halogens is 1. The Kier molecular flexibility index (Phi) is 2.99. The highest BCUT2D eigenvalue weighted by Gasteiger charge is 2.67. The second-order valence-electron chi connectivity index (χ2n) is 6.24. The molecule has 0 unspecified atom stereocenters. The second-order valence-corrected chi connectivity index (χ2v) is 6.58. The van der Waals surface area contributed by atoms with Crippen molar-refractivity contribution in [3.05, 3.63) is 23.8 Å². The van der Waals surface area contributed by atoms with Crippen LogP contribution in [0.15, 0.2) is 18.5 Å². The fraction of sp³-hybridized carbons (Fsp3) is 0.500. The number of hydrogen-bond acceptors (Lipinski definition) is 7. The van der Waals surface area contributed by atoms with Crippen molar-refractivity contribution in [1.82, 2.24) is 19.5 Å². The lowest BCUT2D eigenvalue weighted by molar-refractivity contribution is -0.0584. The molecule has 0 aromatic carbocycles. The topological polar surface area (TPSA) is 130 Å². The first kappa shape index (κ1) is 14.8. The molecule has 2 aliphatic carbocycles. The van der Waals surface area contributed by atoms with Gasteiger partial charge in [-0.25, -0.2) is 4.98 Å². The highest BCUT2D eigenvalue weighted by Crippen LogP contribution is 2.64. The zero-order valence-corrected chi connectivity index (χ0v) is 12.8. The minimum Gasteiger partial charge on any atom is -0.395 e. The molecule has 122 valence electrons. The molecule has 0 amide bonds. The standard InChI is InChI=1S/C14H16ClN5O3/c1-5-2-6-8(9(22)10(23)14(5,6)3-21)20-4-17-7-11(16)18-13(15)19-12(7)20/h4,6,8-10,21-23H,1-3H2,(H2,16,18,19)/t6-,8-,9+,10+,14-/m1/s1. The number of imidazole rings is 1. The van der Waals surface area contributed by atoms with Crippen LogP contribution >= 0.6 is 11.6 Å². The lowest BCUT2D eigenvalue weighted by Crippen LogP contribution is -2.50. The molecule has 0 saturated heterocycles. The van der Waals surface area contributed by atoms with Crippen LogP contribution in [-0.4, -0.2) is 53.7 Å². The number of anilines is 1. The Balaban J connectivity index is 1.87. The maximum atomic E-state index is 10.6. The van der Waals surface area contributed by atoms with E-state index in [1.165, 1.54) is 6.33 Å². The minimum atomic E-state index is -1.10. The zero-order chi connectivity index (χ0) is 16.5. The molecule has 5 N–H and O–H groups in total. The first-order valence-electron chi connectivity index (χ1n) is 7.22. The highest BCUT2D eigenvalue weighted by atomic mass is 35.5. The second kappa shape index (κ2) is 4.64. The SMILES string of the molecule is C=C1C[C@@H]2[C@@H](n3cnc4c(N)nc(Cl)nc43)[C@H](O)[C@H](O)[C@]12CO. The van der Waals surface area contributed by atoms with Gasteiger partial charge in [-0.15, -0.1) is 0 Å². The van der Waals surface area contributed by atoms with Crippen molar-refractivity contribution < 1.29 is 15.3 Å². The number of nitrogens with zero attached hydrogens (tertiary/aromatic N) is 4. The largest absolute Gasteiger partial charge is 0.395 e. The van der Waals surface area contributed by atoms with Gasteiger partial charge in [0.2, 0.25) is 5.28 Å². The Morgan fingerprint density at radius 2 is 2.17 bits per heavy atom. The van der Waals surface area contributed by atoms with Gasteiger partial charge in [0.1, 0.15) is 11.6 Å². The Morgan fingerprint density at radius 1 is 1.43 bits per heavy atom. The molecule has 2 fully saturated rings. The van der Waals surface area contributed by atoms with Crippen molar-refractivity contribution in [2.24, 2.45) is 11.3 Å². The predicted octanol–water partition coefficient (Wildman–Crippen LogP) is -0.107. The van der Waals surface area contributed by atoms with Crippen LogP contribution in [0.2, 0.25) is 5.28 Å². The summed E-state index contributed by atoms with van der Waals surface area (Å²) < 4.78 is 1.65. The van der Waals surface area contributed by atoms with Crippen molar-refractivity contribution in [2.45, 2.75) is 24.7 Å². The van der Waals surface area contributed by atoms with Gasteiger partial charge < -0.3 is 25.6 Å². The molecular formula is C14H16ClN5O3. The fourth-order valence-corrected chi connectivity index (χ4v) is 4.33. The Hall–Kier alpha value is -1.74. The molecule has 2 aromatic heterocycles. The van der Waals surface area contributed by atoms with Crippen LogP contribution in [0, 0.1) is 11.3 Å². The average molecular weight is 338 g/mol. The van der Waals surface area contributed by atoms with Gasteiger partial charge >= 0.3 is 0 Å². The van der Waals surface area contributed by atoms with E-state index < -0.39 is 23.7 Å². The summed E-state index contributed by atoms with van der Waals surface area (Å²) in [5.74, 6) is -0.0180. The molecule has 8 nitrogen and oxygen atoms in total. The summed E-state index contributed by atoms with van der Waals surface area (Å²) in [4.78, 5) is 12.2. The lowest BCUT2D eigenvalue weighted by Gasteiger charge is -2.49. The summed E-state index contributed by atoms with van der Waals surface area (Å²) in [5.41, 5.74) is 6.44. The summed E-state index contributed by atoms with van der Waals surface area (Å²) in [7, 11) is 0. The Bertz CT molecular complexity index is 824. The average Bonchev–Trinajstić information content (AvgIpc) is 2.97. The summed E-state index contributed by atoms with van der Waals surface area (Å²) in [6.45, 7) is 3.65. The van der Waals surface area contributed by atoms with Gasteiger partial charge in [0.15, 0.2) is 11.5 Å². The van der Waals surface area contributed by atoms with Crippen LogP contribution < -0.4 is 5.73 Å². The van der Waals surface area contributed by atoms with E-state index in [1.807, 2.05) is 0 Å². The first-order valence-corrected chi connectivity index (χ1v) is 7.60. The molecule has 23 heavy (non-hydrogen) atoms. The maximum Gasteiger partial charge on any atom is 0.226 e. The van der Waals surface area contributed by atoms with E-state index in [-0.39, 0.29) is 23.6 Å². The third-order valence-corrected chi connectivity index (χ3v) is 5.57. The molecule has 4 rings (SSSR count). The van der Waals surface area contributed by atoms with Crippen LogP contribution in [0.1, 0.15) is 12.5 Å². The molecule has 9 heteroatoms. The van der Waals surface area contributed by atoms with Gasteiger partial charge in [0.05, 0.1) is 25.1 Å². The van der Waals surface area contributed by atoms with Crippen LogP contribution in [0.3, 0.4) is 0 Å². The first-order chi connectivity index (χ1) is 10.9. The molecule has 0 aliphatic heterocycles. The van der Waals surface area contributed by atoms with Crippen molar-refractivity contribution in [1.29, 1.82) is 0 Å². The number of rotatable bonds is 2. The van der Waals surface area contributed by atoms with E-state index >= 15 is 0 Å². The van der Waals surface area contributed by atoms with Gasteiger partial charge in [0.25, 0.3) is 0 Å². The van der Waals surface area contributed by atoms with Crippen molar-refractivity contribution in [3.63, 3.8) is 0 Å².